The Morgan fingerprint density at radius 2 is 1.89 bits per heavy atom. The predicted octanol–water partition coefficient (Wildman–Crippen LogP) is 0.832. The van der Waals surface area contributed by atoms with Crippen LogP contribution in [0.2, 0.25) is 0 Å². The number of amides is 1. The molecule has 6 heteroatoms. The molecule has 0 aliphatic carbocycles. The van der Waals surface area contributed by atoms with Gasteiger partial charge in [0, 0.05) is 13.3 Å². The summed E-state index contributed by atoms with van der Waals surface area (Å²) in [6.07, 6.45) is 0.844. The minimum Gasteiger partial charge on any atom is -0.458 e. The second kappa shape index (κ2) is 6.88. The second-order valence-electron chi connectivity index (χ2n) is 4.94. The van der Waals surface area contributed by atoms with Crippen LogP contribution in [-0.4, -0.2) is 35.5 Å². The van der Waals surface area contributed by atoms with E-state index in [0.717, 1.165) is 0 Å². The lowest BCUT2D eigenvalue weighted by molar-refractivity contribution is -0.158. The van der Waals surface area contributed by atoms with Crippen molar-refractivity contribution in [1.29, 1.82) is 5.41 Å². The Balaban J connectivity index is 4.56. The molecule has 102 valence electrons. The molecule has 0 spiro atoms. The van der Waals surface area contributed by atoms with Crippen LogP contribution in [0.1, 0.15) is 40.5 Å². The van der Waals surface area contributed by atoms with Crippen LogP contribution in [-0.2, 0) is 19.1 Å². The van der Waals surface area contributed by atoms with E-state index in [1.165, 1.54) is 6.92 Å². The third kappa shape index (κ3) is 7.54. The van der Waals surface area contributed by atoms with Crippen LogP contribution in [0.25, 0.3) is 0 Å². The van der Waals surface area contributed by atoms with Crippen molar-refractivity contribution in [2.45, 2.75) is 52.2 Å². The van der Waals surface area contributed by atoms with Crippen molar-refractivity contribution in [2.24, 2.45) is 0 Å². The molecule has 0 heterocycles. The fraction of sp³-hybridized carbons (Fsp3) is 0.667. The number of rotatable bonds is 6. The van der Waals surface area contributed by atoms with Gasteiger partial charge in [0.1, 0.15) is 11.6 Å². The maximum atomic E-state index is 11.8. The van der Waals surface area contributed by atoms with Crippen molar-refractivity contribution < 1.29 is 19.1 Å². The molecule has 0 aromatic carbocycles. The summed E-state index contributed by atoms with van der Waals surface area (Å²) in [5, 5.41) is 9.21. The van der Waals surface area contributed by atoms with Crippen LogP contribution in [0.3, 0.4) is 0 Å². The molecule has 1 atom stereocenters. The summed E-state index contributed by atoms with van der Waals surface area (Å²) >= 11 is 0. The number of Topliss-reactive ketones (excluding diaryl/α,β-unsaturated/α-hetero) is 1. The lowest BCUT2D eigenvalue weighted by Gasteiger charge is -2.24. The number of ketones is 1. The van der Waals surface area contributed by atoms with Crippen LogP contribution >= 0.6 is 0 Å². The molecule has 0 aromatic heterocycles. The predicted molar refractivity (Wildman–Crippen MR) is 66.5 cm³/mol. The van der Waals surface area contributed by atoms with E-state index in [9.17, 15) is 14.4 Å². The average molecular weight is 256 g/mol. The molecular weight excluding hydrogens is 236 g/mol. The minimum absolute atomic E-state index is 0.0215. The van der Waals surface area contributed by atoms with E-state index < -0.39 is 23.4 Å². The summed E-state index contributed by atoms with van der Waals surface area (Å²) in [6.45, 7) is 6.45. The molecule has 6 nitrogen and oxygen atoms in total. The van der Waals surface area contributed by atoms with Crippen molar-refractivity contribution in [1.82, 2.24) is 5.32 Å². The number of hydrogen-bond acceptors (Lipinski definition) is 5. The Bertz CT molecular complexity index is 344. The summed E-state index contributed by atoms with van der Waals surface area (Å²) in [5.41, 5.74) is -0.653. The number of hydrogen-bond donors (Lipinski definition) is 2. The molecule has 0 radical (unpaired) electrons. The van der Waals surface area contributed by atoms with E-state index >= 15 is 0 Å². The van der Waals surface area contributed by atoms with E-state index in [1.807, 2.05) is 0 Å². The van der Waals surface area contributed by atoms with Crippen LogP contribution < -0.4 is 5.32 Å². The first-order valence-electron chi connectivity index (χ1n) is 5.69. The first kappa shape index (κ1) is 16.3. The van der Waals surface area contributed by atoms with Gasteiger partial charge in [-0.2, -0.15) is 0 Å². The maximum absolute atomic E-state index is 11.8. The fourth-order valence-corrected chi connectivity index (χ4v) is 1.23. The van der Waals surface area contributed by atoms with Gasteiger partial charge in [0.05, 0.1) is 6.21 Å². The number of carbonyl (C=O) groups excluding carboxylic acids is 3. The van der Waals surface area contributed by atoms with E-state index in [0.29, 0.717) is 6.21 Å². The molecule has 18 heavy (non-hydrogen) atoms. The Kier molecular flexibility index (Phi) is 6.22. The zero-order valence-corrected chi connectivity index (χ0v) is 11.2. The molecule has 0 aliphatic heterocycles. The first-order chi connectivity index (χ1) is 8.15. The van der Waals surface area contributed by atoms with E-state index in [2.05, 4.69) is 5.32 Å². The molecule has 1 amide bonds. The lowest BCUT2D eigenvalue weighted by atomic mass is 10.1. The molecule has 1 unspecified atom stereocenters. The highest BCUT2D eigenvalue weighted by Gasteiger charge is 2.26. The monoisotopic (exact) mass is 256 g/mol. The SMILES string of the molecule is CC(=O)NC(CCC(=O)C=N)C(=O)OC(C)(C)C. The highest BCUT2D eigenvalue weighted by Crippen LogP contribution is 2.10. The third-order valence-electron chi connectivity index (χ3n) is 1.91. The number of ether oxygens (including phenoxy) is 1. The third-order valence-corrected chi connectivity index (χ3v) is 1.91. The van der Waals surface area contributed by atoms with Crippen molar-refractivity contribution in [3.63, 3.8) is 0 Å². The molecule has 0 saturated heterocycles. The van der Waals surface area contributed by atoms with Gasteiger partial charge < -0.3 is 15.5 Å². The number of esters is 1. The maximum Gasteiger partial charge on any atom is 0.329 e. The largest absolute Gasteiger partial charge is 0.458 e. The summed E-state index contributed by atoms with van der Waals surface area (Å²) in [6, 6.07) is -0.856. The topological polar surface area (TPSA) is 96.3 Å². The molecule has 2 N–H and O–H groups in total. The van der Waals surface area contributed by atoms with Crippen LogP contribution in [0.5, 0.6) is 0 Å². The zero-order chi connectivity index (χ0) is 14.3. The lowest BCUT2D eigenvalue weighted by Crippen LogP contribution is -2.43. The standard InChI is InChI=1S/C12H20N2O4/c1-8(15)14-10(6-5-9(16)7-13)11(17)18-12(2,3)4/h7,10,13H,5-6H2,1-4H3,(H,14,15). The van der Waals surface area contributed by atoms with Gasteiger partial charge in [-0.1, -0.05) is 0 Å². The Labute approximate surface area is 107 Å². The van der Waals surface area contributed by atoms with Crippen molar-refractivity contribution in [2.75, 3.05) is 0 Å². The van der Waals surface area contributed by atoms with Crippen LogP contribution in [0.15, 0.2) is 0 Å². The van der Waals surface area contributed by atoms with Crippen molar-refractivity contribution >= 4 is 23.9 Å². The van der Waals surface area contributed by atoms with Gasteiger partial charge in [0.15, 0.2) is 5.78 Å². The van der Waals surface area contributed by atoms with Gasteiger partial charge in [0.2, 0.25) is 5.91 Å². The van der Waals surface area contributed by atoms with Gasteiger partial charge in [0.25, 0.3) is 0 Å². The Hall–Kier alpha value is -1.72. The normalized spacial score (nSPS) is 12.4. The van der Waals surface area contributed by atoms with E-state index in [-0.39, 0.29) is 18.7 Å². The van der Waals surface area contributed by atoms with E-state index in [4.69, 9.17) is 10.1 Å². The fourth-order valence-electron chi connectivity index (χ4n) is 1.23. The Morgan fingerprint density at radius 3 is 2.28 bits per heavy atom. The minimum atomic E-state index is -0.856. The van der Waals surface area contributed by atoms with Crippen molar-refractivity contribution in [3.05, 3.63) is 0 Å². The summed E-state index contributed by atoms with van der Waals surface area (Å²) < 4.78 is 5.14. The molecule has 0 bridgehead atoms. The smallest absolute Gasteiger partial charge is 0.329 e. The highest BCUT2D eigenvalue weighted by molar-refractivity contribution is 6.26. The second-order valence-corrected chi connectivity index (χ2v) is 4.94. The highest BCUT2D eigenvalue weighted by atomic mass is 16.6. The van der Waals surface area contributed by atoms with Gasteiger partial charge >= 0.3 is 5.97 Å². The molecule has 0 saturated carbocycles. The van der Waals surface area contributed by atoms with Gasteiger partial charge in [-0.25, -0.2) is 4.79 Å². The van der Waals surface area contributed by atoms with Crippen molar-refractivity contribution in [3.8, 4) is 0 Å². The van der Waals surface area contributed by atoms with Crippen LogP contribution in [0, 0.1) is 5.41 Å². The summed E-state index contributed by atoms with van der Waals surface area (Å²) in [7, 11) is 0. The molecule has 0 fully saturated rings. The van der Waals surface area contributed by atoms with Gasteiger partial charge in [-0.15, -0.1) is 0 Å². The van der Waals surface area contributed by atoms with Gasteiger partial charge in [-0.05, 0) is 27.2 Å². The quantitative estimate of drug-likeness (QED) is 0.543. The number of carbonyl (C=O) groups is 3. The molecule has 0 aliphatic rings. The average Bonchev–Trinajstić information content (AvgIpc) is 2.20. The first-order valence-corrected chi connectivity index (χ1v) is 5.69. The van der Waals surface area contributed by atoms with Gasteiger partial charge in [-0.3, -0.25) is 9.59 Å². The van der Waals surface area contributed by atoms with Crippen LogP contribution in [0.4, 0.5) is 0 Å². The molecular formula is C12H20N2O4. The summed E-state index contributed by atoms with van der Waals surface area (Å²) in [5.74, 6) is -1.34. The van der Waals surface area contributed by atoms with E-state index in [1.54, 1.807) is 20.8 Å². The zero-order valence-electron chi connectivity index (χ0n) is 11.2. The molecule has 0 rings (SSSR count). The Morgan fingerprint density at radius 1 is 1.33 bits per heavy atom. The molecule has 0 aromatic rings. The number of nitrogens with one attached hydrogen (secondary N) is 2. The summed E-state index contributed by atoms with van der Waals surface area (Å²) in [4.78, 5) is 33.8.